The Morgan fingerprint density at radius 1 is 0.950 bits per heavy atom. The predicted molar refractivity (Wildman–Crippen MR) is 75.9 cm³/mol. The summed E-state index contributed by atoms with van der Waals surface area (Å²) in [6, 6.07) is 11.6. The van der Waals surface area contributed by atoms with Gasteiger partial charge in [0.1, 0.15) is 12.4 Å². The standard InChI is InChI=1S/C15H12ClNO3/c16-10-2-4-13-11(6-10)17-12(7-18-13)9-1-3-14-15(5-9)20-8-19-14/h1-6,12,17H,7-8H2/t12-/m1/s1. The number of hydrogen-bond donors (Lipinski definition) is 1. The first-order chi connectivity index (χ1) is 9.79. The van der Waals surface area contributed by atoms with Crippen molar-refractivity contribution in [2.75, 3.05) is 18.7 Å². The fourth-order valence-electron chi connectivity index (χ4n) is 2.45. The van der Waals surface area contributed by atoms with Crippen molar-refractivity contribution in [3.05, 3.63) is 47.0 Å². The molecule has 20 heavy (non-hydrogen) atoms. The second-order valence-electron chi connectivity index (χ2n) is 4.76. The van der Waals surface area contributed by atoms with E-state index in [1.807, 2.05) is 36.4 Å². The average Bonchev–Trinajstić information content (AvgIpc) is 2.93. The SMILES string of the molecule is Clc1ccc2c(c1)N[C@@H](c1ccc3c(c1)OCO3)CO2. The van der Waals surface area contributed by atoms with E-state index >= 15 is 0 Å². The summed E-state index contributed by atoms with van der Waals surface area (Å²) in [6.45, 7) is 0.847. The van der Waals surface area contributed by atoms with E-state index in [1.165, 1.54) is 0 Å². The number of anilines is 1. The first-order valence-corrected chi connectivity index (χ1v) is 6.76. The molecular weight excluding hydrogens is 278 g/mol. The van der Waals surface area contributed by atoms with Crippen LogP contribution in [0, 0.1) is 0 Å². The van der Waals surface area contributed by atoms with Crippen LogP contribution in [0.25, 0.3) is 0 Å². The zero-order chi connectivity index (χ0) is 13.5. The van der Waals surface area contributed by atoms with Crippen molar-refractivity contribution >= 4 is 17.3 Å². The summed E-state index contributed by atoms with van der Waals surface area (Å²) in [6.07, 6.45) is 0. The Morgan fingerprint density at radius 3 is 2.75 bits per heavy atom. The molecule has 2 aliphatic rings. The Balaban J connectivity index is 1.64. The second kappa shape index (κ2) is 4.49. The van der Waals surface area contributed by atoms with Crippen molar-refractivity contribution in [2.24, 2.45) is 0 Å². The van der Waals surface area contributed by atoms with Crippen LogP contribution >= 0.6 is 11.6 Å². The maximum atomic E-state index is 6.02. The van der Waals surface area contributed by atoms with E-state index in [-0.39, 0.29) is 12.8 Å². The lowest BCUT2D eigenvalue weighted by molar-refractivity contribution is 0.174. The third-order valence-corrected chi connectivity index (χ3v) is 3.71. The highest BCUT2D eigenvalue weighted by Gasteiger charge is 2.23. The van der Waals surface area contributed by atoms with Crippen molar-refractivity contribution in [3.8, 4) is 17.2 Å². The van der Waals surface area contributed by atoms with Gasteiger partial charge in [0.25, 0.3) is 0 Å². The minimum absolute atomic E-state index is 0.0652. The van der Waals surface area contributed by atoms with E-state index in [0.717, 1.165) is 28.5 Å². The molecule has 2 aliphatic heterocycles. The van der Waals surface area contributed by atoms with Crippen LogP contribution in [0.4, 0.5) is 5.69 Å². The summed E-state index contributed by atoms with van der Waals surface area (Å²) in [5, 5.41) is 4.13. The molecule has 0 radical (unpaired) electrons. The molecule has 5 heteroatoms. The molecule has 0 unspecified atom stereocenters. The Kier molecular flexibility index (Phi) is 2.63. The molecule has 4 rings (SSSR count). The Hall–Kier alpha value is -2.07. The molecule has 2 aromatic rings. The lowest BCUT2D eigenvalue weighted by atomic mass is 10.0. The molecule has 0 aromatic heterocycles. The van der Waals surface area contributed by atoms with Gasteiger partial charge < -0.3 is 19.5 Å². The second-order valence-corrected chi connectivity index (χ2v) is 5.20. The number of fused-ring (bicyclic) bond motifs is 2. The molecular formula is C15H12ClNO3. The van der Waals surface area contributed by atoms with E-state index < -0.39 is 0 Å². The summed E-state index contributed by atoms with van der Waals surface area (Å²) in [5.74, 6) is 2.39. The van der Waals surface area contributed by atoms with Crippen molar-refractivity contribution in [2.45, 2.75) is 6.04 Å². The van der Waals surface area contributed by atoms with E-state index in [1.54, 1.807) is 0 Å². The molecule has 4 nitrogen and oxygen atoms in total. The maximum absolute atomic E-state index is 6.02. The monoisotopic (exact) mass is 289 g/mol. The number of hydrogen-bond acceptors (Lipinski definition) is 4. The van der Waals surface area contributed by atoms with Gasteiger partial charge in [-0.3, -0.25) is 0 Å². The largest absolute Gasteiger partial charge is 0.489 e. The summed E-state index contributed by atoms with van der Waals surface area (Å²) in [7, 11) is 0. The molecule has 0 bridgehead atoms. The number of rotatable bonds is 1. The average molecular weight is 290 g/mol. The van der Waals surface area contributed by atoms with Crippen molar-refractivity contribution in [1.29, 1.82) is 0 Å². The molecule has 1 atom stereocenters. The lowest BCUT2D eigenvalue weighted by Gasteiger charge is -2.28. The number of ether oxygens (including phenoxy) is 3. The molecule has 0 aliphatic carbocycles. The first-order valence-electron chi connectivity index (χ1n) is 6.38. The minimum atomic E-state index is 0.0652. The van der Waals surface area contributed by atoms with Crippen molar-refractivity contribution < 1.29 is 14.2 Å². The Labute approximate surface area is 121 Å². The van der Waals surface area contributed by atoms with Gasteiger partial charge >= 0.3 is 0 Å². The normalized spacial score (nSPS) is 18.9. The molecule has 102 valence electrons. The molecule has 0 saturated carbocycles. The summed E-state index contributed by atoms with van der Waals surface area (Å²) < 4.78 is 16.5. The van der Waals surface area contributed by atoms with Crippen LogP contribution in [-0.2, 0) is 0 Å². The van der Waals surface area contributed by atoms with Crippen LogP contribution in [0.1, 0.15) is 11.6 Å². The van der Waals surface area contributed by atoms with Crippen LogP contribution in [-0.4, -0.2) is 13.4 Å². The quantitative estimate of drug-likeness (QED) is 0.870. The Bertz CT molecular complexity index is 674. The zero-order valence-electron chi connectivity index (χ0n) is 10.6. The number of nitrogens with one attached hydrogen (secondary N) is 1. The van der Waals surface area contributed by atoms with Gasteiger partial charge in [-0.1, -0.05) is 17.7 Å². The van der Waals surface area contributed by atoms with Gasteiger partial charge in [-0.05, 0) is 35.9 Å². The van der Waals surface area contributed by atoms with Gasteiger partial charge in [-0.15, -0.1) is 0 Å². The molecule has 1 N–H and O–H groups in total. The van der Waals surface area contributed by atoms with Gasteiger partial charge in [0.2, 0.25) is 6.79 Å². The number of benzene rings is 2. The van der Waals surface area contributed by atoms with Crippen LogP contribution < -0.4 is 19.5 Å². The smallest absolute Gasteiger partial charge is 0.231 e. The summed E-state index contributed by atoms with van der Waals surface area (Å²) in [5.41, 5.74) is 2.01. The number of halogens is 1. The van der Waals surface area contributed by atoms with E-state index in [4.69, 9.17) is 25.8 Å². The highest BCUT2D eigenvalue weighted by atomic mass is 35.5. The highest BCUT2D eigenvalue weighted by Crippen LogP contribution is 2.39. The van der Waals surface area contributed by atoms with Crippen molar-refractivity contribution in [3.63, 3.8) is 0 Å². The van der Waals surface area contributed by atoms with E-state index in [0.29, 0.717) is 11.6 Å². The third kappa shape index (κ3) is 1.93. The molecule has 2 aromatic carbocycles. The van der Waals surface area contributed by atoms with Crippen LogP contribution in [0.2, 0.25) is 5.02 Å². The van der Waals surface area contributed by atoms with Gasteiger partial charge in [0, 0.05) is 5.02 Å². The van der Waals surface area contributed by atoms with Gasteiger partial charge in [-0.2, -0.15) is 0 Å². The third-order valence-electron chi connectivity index (χ3n) is 3.48. The molecule has 0 saturated heterocycles. The van der Waals surface area contributed by atoms with E-state index in [2.05, 4.69) is 5.32 Å². The van der Waals surface area contributed by atoms with Gasteiger partial charge in [0.15, 0.2) is 11.5 Å². The van der Waals surface area contributed by atoms with Crippen LogP contribution in [0.15, 0.2) is 36.4 Å². The van der Waals surface area contributed by atoms with Gasteiger partial charge in [-0.25, -0.2) is 0 Å². The maximum Gasteiger partial charge on any atom is 0.231 e. The fourth-order valence-corrected chi connectivity index (χ4v) is 2.62. The molecule has 2 heterocycles. The fraction of sp³-hybridized carbons (Fsp3) is 0.200. The Morgan fingerprint density at radius 2 is 1.80 bits per heavy atom. The van der Waals surface area contributed by atoms with Crippen LogP contribution in [0.3, 0.4) is 0 Å². The molecule has 0 amide bonds. The molecule has 0 spiro atoms. The van der Waals surface area contributed by atoms with Crippen molar-refractivity contribution in [1.82, 2.24) is 0 Å². The highest BCUT2D eigenvalue weighted by molar-refractivity contribution is 6.30. The molecule has 0 fully saturated rings. The predicted octanol–water partition coefficient (Wildman–Crippen LogP) is 3.61. The van der Waals surface area contributed by atoms with Crippen LogP contribution in [0.5, 0.6) is 17.2 Å². The summed E-state index contributed by atoms with van der Waals surface area (Å²) >= 11 is 6.02. The lowest BCUT2D eigenvalue weighted by Crippen LogP contribution is -2.23. The topological polar surface area (TPSA) is 39.7 Å². The first kappa shape index (κ1) is 11.7. The van der Waals surface area contributed by atoms with Gasteiger partial charge in [0.05, 0.1) is 11.7 Å². The zero-order valence-corrected chi connectivity index (χ0v) is 11.3. The minimum Gasteiger partial charge on any atom is -0.489 e. The summed E-state index contributed by atoms with van der Waals surface area (Å²) in [4.78, 5) is 0. The van der Waals surface area contributed by atoms with E-state index in [9.17, 15) is 0 Å².